The molecule has 0 spiro atoms. The number of benzene rings is 2. The molecule has 0 bridgehead atoms. The lowest BCUT2D eigenvalue weighted by molar-refractivity contribution is 0.959. The van der Waals surface area contributed by atoms with Crippen LogP contribution in [0.3, 0.4) is 0 Å². The van der Waals surface area contributed by atoms with Gasteiger partial charge in [-0.1, -0.05) is 24.3 Å². The van der Waals surface area contributed by atoms with Gasteiger partial charge in [0.2, 0.25) is 0 Å². The van der Waals surface area contributed by atoms with Crippen LogP contribution in [-0.2, 0) is 0 Å². The van der Waals surface area contributed by atoms with Crippen LogP contribution in [0, 0.1) is 13.8 Å². The molecule has 7 heteroatoms. The van der Waals surface area contributed by atoms with Gasteiger partial charge in [-0.3, -0.25) is 0 Å². The van der Waals surface area contributed by atoms with Gasteiger partial charge in [-0.05, 0) is 49.2 Å². The average molecular weight is 331 g/mol. The lowest BCUT2D eigenvalue weighted by atomic mass is 10.2. The molecule has 2 aromatic heterocycles. The van der Waals surface area contributed by atoms with Crippen LogP contribution in [0.2, 0.25) is 0 Å². The second-order valence-corrected chi connectivity index (χ2v) is 5.91. The lowest BCUT2D eigenvalue weighted by Gasteiger charge is -2.09. The number of hydrogen-bond acceptors (Lipinski definition) is 6. The molecule has 0 unspecified atom stereocenters. The Morgan fingerprint density at radius 1 is 0.720 bits per heavy atom. The molecule has 0 saturated heterocycles. The van der Waals surface area contributed by atoms with Crippen molar-refractivity contribution in [1.29, 1.82) is 0 Å². The van der Waals surface area contributed by atoms with Crippen molar-refractivity contribution in [3.63, 3.8) is 0 Å². The van der Waals surface area contributed by atoms with Crippen LogP contribution in [0.1, 0.15) is 11.1 Å². The highest BCUT2D eigenvalue weighted by molar-refractivity contribution is 5.94. The summed E-state index contributed by atoms with van der Waals surface area (Å²) in [5, 5.41) is 26.1. The maximum absolute atomic E-state index is 4.28. The van der Waals surface area contributed by atoms with Crippen LogP contribution in [0.15, 0.2) is 48.5 Å². The molecule has 0 amide bonds. The molecule has 124 valence electrons. The predicted octanol–water partition coefficient (Wildman–Crippen LogP) is 3.85. The van der Waals surface area contributed by atoms with Crippen molar-refractivity contribution in [2.45, 2.75) is 13.8 Å². The molecule has 0 aliphatic heterocycles. The van der Waals surface area contributed by atoms with Crippen LogP contribution in [-0.4, -0.2) is 25.6 Å². The smallest absolute Gasteiger partial charge is 0.183 e. The lowest BCUT2D eigenvalue weighted by Crippen LogP contribution is -2.02. The molecule has 0 saturated carbocycles. The van der Waals surface area contributed by atoms with Crippen LogP contribution in [0.4, 0.5) is 23.0 Å². The number of aryl methyl sites for hydroxylation is 2. The number of rotatable bonds is 4. The third kappa shape index (κ3) is 3.12. The highest BCUT2D eigenvalue weighted by Gasteiger charge is 2.14. The van der Waals surface area contributed by atoms with Crippen molar-refractivity contribution in [3.05, 3.63) is 59.7 Å². The maximum Gasteiger partial charge on any atom is 0.183 e. The van der Waals surface area contributed by atoms with Crippen molar-refractivity contribution in [2.24, 2.45) is 0 Å². The number of hydrogen-bond donors (Lipinski definition) is 3. The largest absolute Gasteiger partial charge is 0.337 e. The SMILES string of the molecule is Cc1cccc(Nc2nnc(Nc3cccc(C)c3)c3n[nH]nc23)c1. The molecule has 2 aromatic carbocycles. The highest BCUT2D eigenvalue weighted by atomic mass is 15.4. The zero-order valence-corrected chi connectivity index (χ0v) is 13.9. The fourth-order valence-electron chi connectivity index (χ4n) is 2.64. The Hall–Kier alpha value is -3.48. The minimum atomic E-state index is 0.559. The first-order valence-electron chi connectivity index (χ1n) is 7.93. The molecule has 25 heavy (non-hydrogen) atoms. The standard InChI is InChI=1S/C18H17N7/c1-11-5-3-7-13(9-11)19-17-15-16(22-25-21-15)18(24-23-17)20-14-8-4-6-12(2)10-14/h3-10H,1-2H3,(H,19,23)(H,20,24)(H,21,22,25). The van der Waals surface area contributed by atoms with Crippen LogP contribution in [0.25, 0.3) is 11.0 Å². The van der Waals surface area contributed by atoms with Crippen molar-refractivity contribution < 1.29 is 0 Å². The molecule has 3 N–H and O–H groups in total. The van der Waals surface area contributed by atoms with E-state index in [1.165, 1.54) is 0 Å². The second kappa shape index (κ2) is 6.20. The number of aromatic nitrogens is 5. The molecule has 0 atom stereocenters. The predicted molar refractivity (Wildman–Crippen MR) is 98.4 cm³/mol. The van der Waals surface area contributed by atoms with Crippen molar-refractivity contribution >= 4 is 34.0 Å². The van der Waals surface area contributed by atoms with E-state index in [9.17, 15) is 0 Å². The monoisotopic (exact) mass is 331 g/mol. The normalized spacial score (nSPS) is 10.8. The molecule has 7 nitrogen and oxygen atoms in total. The van der Waals surface area contributed by atoms with Gasteiger partial charge in [0.05, 0.1) is 0 Å². The Morgan fingerprint density at radius 2 is 1.20 bits per heavy atom. The molecular formula is C18H17N7. The summed E-state index contributed by atoms with van der Waals surface area (Å²) in [5.41, 5.74) is 5.44. The minimum Gasteiger partial charge on any atom is -0.337 e. The topological polar surface area (TPSA) is 91.4 Å². The van der Waals surface area contributed by atoms with Gasteiger partial charge in [-0.25, -0.2) is 0 Å². The van der Waals surface area contributed by atoms with Gasteiger partial charge in [0.15, 0.2) is 22.7 Å². The van der Waals surface area contributed by atoms with Crippen molar-refractivity contribution in [3.8, 4) is 0 Å². The van der Waals surface area contributed by atoms with E-state index >= 15 is 0 Å². The molecule has 0 aliphatic carbocycles. The first-order chi connectivity index (χ1) is 12.2. The Morgan fingerprint density at radius 3 is 1.64 bits per heavy atom. The van der Waals surface area contributed by atoms with Crippen LogP contribution < -0.4 is 10.6 Å². The first-order valence-corrected chi connectivity index (χ1v) is 7.93. The van der Waals surface area contributed by atoms with Gasteiger partial charge in [0.25, 0.3) is 0 Å². The van der Waals surface area contributed by atoms with E-state index < -0.39 is 0 Å². The quantitative estimate of drug-likeness (QED) is 0.526. The third-order valence-electron chi connectivity index (χ3n) is 3.81. The van der Waals surface area contributed by atoms with E-state index in [1.807, 2.05) is 62.4 Å². The fraction of sp³-hybridized carbons (Fsp3) is 0.111. The van der Waals surface area contributed by atoms with E-state index in [4.69, 9.17) is 0 Å². The van der Waals surface area contributed by atoms with Crippen molar-refractivity contribution in [1.82, 2.24) is 25.6 Å². The summed E-state index contributed by atoms with van der Waals surface area (Å²) in [6, 6.07) is 16.1. The molecule has 0 radical (unpaired) electrons. The average Bonchev–Trinajstić information content (AvgIpc) is 3.08. The van der Waals surface area contributed by atoms with Crippen LogP contribution >= 0.6 is 0 Å². The number of H-pyrrole nitrogens is 1. The molecule has 0 fully saturated rings. The molecule has 0 aliphatic rings. The number of nitrogens with zero attached hydrogens (tertiary/aromatic N) is 4. The van der Waals surface area contributed by atoms with E-state index in [-0.39, 0.29) is 0 Å². The summed E-state index contributed by atoms with van der Waals surface area (Å²) >= 11 is 0. The number of fused-ring (bicyclic) bond motifs is 1. The van der Waals surface area contributed by atoms with Gasteiger partial charge in [0, 0.05) is 11.4 Å². The molecule has 4 aromatic rings. The Labute approximate surface area is 144 Å². The summed E-state index contributed by atoms with van der Waals surface area (Å²) < 4.78 is 0. The first kappa shape index (κ1) is 15.1. The highest BCUT2D eigenvalue weighted by Crippen LogP contribution is 2.27. The van der Waals surface area contributed by atoms with Gasteiger partial charge in [-0.15, -0.1) is 10.2 Å². The number of aromatic amines is 1. The Balaban J connectivity index is 1.69. The van der Waals surface area contributed by atoms with E-state index in [2.05, 4.69) is 36.2 Å². The summed E-state index contributed by atoms with van der Waals surface area (Å²) in [6.45, 7) is 4.08. The summed E-state index contributed by atoms with van der Waals surface area (Å²) in [5.74, 6) is 1.12. The van der Waals surface area contributed by atoms with Crippen molar-refractivity contribution in [2.75, 3.05) is 10.6 Å². The Bertz CT molecular complexity index is 957. The summed E-state index contributed by atoms with van der Waals surface area (Å²) in [4.78, 5) is 0. The molecule has 2 heterocycles. The Kier molecular flexibility index (Phi) is 3.74. The van der Waals surface area contributed by atoms with Gasteiger partial charge in [-0.2, -0.15) is 15.4 Å². The second-order valence-electron chi connectivity index (χ2n) is 5.91. The van der Waals surface area contributed by atoms with Gasteiger partial charge < -0.3 is 10.6 Å². The zero-order chi connectivity index (χ0) is 17.2. The fourth-order valence-corrected chi connectivity index (χ4v) is 2.64. The maximum atomic E-state index is 4.28. The minimum absolute atomic E-state index is 0.559. The molecular weight excluding hydrogens is 314 g/mol. The van der Waals surface area contributed by atoms with E-state index in [0.29, 0.717) is 22.7 Å². The zero-order valence-electron chi connectivity index (χ0n) is 13.9. The summed E-state index contributed by atoms with van der Waals surface area (Å²) in [7, 11) is 0. The number of nitrogens with one attached hydrogen (secondary N) is 3. The van der Waals surface area contributed by atoms with Gasteiger partial charge in [0.1, 0.15) is 0 Å². The molecule has 4 rings (SSSR count). The summed E-state index contributed by atoms with van der Waals surface area (Å²) in [6.07, 6.45) is 0. The van der Waals surface area contributed by atoms with E-state index in [0.717, 1.165) is 22.5 Å². The van der Waals surface area contributed by atoms with E-state index in [1.54, 1.807) is 0 Å². The van der Waals surface area contributed by atoms with Crippen LogP contribution in [0.5, 0.6) is 0 Å². The van der Waals surface area contributed by atoms with Gasteiger partial charge >= 0.3 is 0 Å². The third-order valence-corrected chi connectivity index (χ3v) is 3.81. The number of anilines is 4.